The predicted octanol–water partition coefficient (Wildman–Crippen LogP) is 6.90. The lowest BCUT2D eigenvalue weighted by Crippen LogP contribution is -2.18. The Labute approximate surface area is 172 Å². The van der Waals surface area contributed by atoms with Crippen molar-refractivity contribution in [2.24, 2.45) is 5.92 Å². The number of nitrogens with one attached hydrogen (secondary N) is 1. The third-order valence-electron chi connectivity index (χ3n) is 4.38. The molecule has 0 aliphatic rings. The first-order chi connectivity index (χ1) is 12.7. The average molecular weight is 402 g/mol. The molecule has 4 heteroatoms. The molecule has 1 N–H and O–H groups in total. The lowest BCUT2D eigenvalue weighted by Gasteiger charge is -2.14. The molecule has 0 saturated heterocycles. The fraction of sp³-hybridized carbons (Fsp3) is 0.909. The van der Waals surface area contributed by atoms with Crippen LogP contribution in [-0.2, 0) is 4.74 Å². The molecular formula is C22H43NOS2. The van der Waals surface area contributed by atoms with Gasteiger partial charge >= 0.3 is 0 Å². The number of unbranched alkanes of at least 4 members (excludes halogenated alkanes) is 6. The normalized spacial score (nSPS) is 13.2. The van der Waals surface area contributed by atoms with E-state index in [1.807, 2.05) is 10.8 Å². The van der Waals surface area contributed by atoms with E-state index in [0.29, 0.717) is 12.5 Å². The van der Waals surface area contributed by atoms with E-state index in [4.69, 9.17) is 4.74 Å². The van der Waals surface area contributed by atoms with Crippen molar-refractivity contribution >= 4 is 21.6 Å². The second-order valence-electron chi connectivity index (χ2n) is 7.03. The van der Waals surface area contributed by atoms with Gasteiger partial charge < -0.3 is 10.1 Å². The Kier molecular flexibility index (Phi) is 21.6. The molecule has 0 fully saturated rings. The largest absolute Gasteiger partial charge is 0.354 e. The van der Waals surface area contributed by atoms with Crippen LogP contribution >= 0.6 is 21.6 Å². The summed E-state index contributed by atoms with van der Waals surface area (Å²) in [6.07, 6.45) is 16.3. The molecule has 0 aliphatic heterocycles. The summed E-state index contributed by atoms with van der Waals surface area (Å²) in [5.41, 5.74) is 0.265. The van der Waals surface area contributed by atoms with Crippen LogP contribution in [0, 0.1) is 17.8 Å². The third kappa shape index (κ3) is 19.0. The molecular weight excluding hydrogens is 358 g/mol. The van der Waals surface area contributed by atoms with Crippen LogP contribution in [0.1, 0.15) is 91.4 Å². The lowest BCUT2D eigenvalue weighted by atomic mass is 10.0. The molecule has 26 heavy (non-hydrogen) atoms. The van der Waals surface area contributed by atoms with E-state index >= 15 is 0 Å². The number of hydrogen-bond acceptors (Lipinski definition) is 4. The molecule has 0 amide bonds. The summed E-state index contributed by atoms with van der Waals surface area (Å²) in [5, 5.41) is 3.57. The van der Waals surface area contributed by atoms with Gasteiger partial charge in [-0.3, -0.25) is 0 Å². The van der Waals surface area contributed by atoms with Crippen LogP contribution in [0.15, 0.2) is 0 Å². The quantitative estimate of drug-likeness (QED) is 0.117. The Bertz CT molecular complexity index is 341. The summed E-state index contributed by atoms with van der Waals surface area (Å²) in [7, 11) is 3.62. The van der Waals surface area contributed by atoms with Gasteiger partial charge in [0.05, 0.1) is 0 Å². The van der Waals surface area contributed by atoms with E-state index in [2.05, 4.69) is 44.2 Å². The van der Waals surface area contributed by atoms with Crippen LogP contribution in [0.25, 0.3) is 0 Å². The van der Waals surface area contributed by atoms with E-state index in [-0.39, 0.29) is 5.44 Å². The SMILES string of the molecule is CCCCCCCNCCCC(OCC#CC(C)CCCCC)SSC. The molecule has 0 radical (unpaired) electrons. The van der Waals surface area contributed by atoms with Crippen molar-refractivity contribution in [1.82, 2.24) is 5.32 Å². The first-order valence-corrected chi connectivity index (χ1v) is 13.4. The zero-order valence-electron chi connectivity index (χ0n) is 17.8. The molecule has 0 aromatic rings. The summed E-state index contributed by atoms with van der Waals surface area (Å²) in [5.74, 6) is 7.06. The van der Waals surface area contributed by atoms with Gasteiger partial charge in [0.2, 0.25) is 0 Å². The van der Waals surface area contributed by atoms with Crippen molar-refractivity contribution in [1.29, 1.82) is 0 Å². The fourth-order valence-corrected chi connectivity index (χ4v) is 4.46. The maximum Gasteiger partial charge on any atom is 0.114 e. The maximum atomic E-state index is 5.97. The van der Waals surface area contributed by atoms with Gasteiger partial charge in [-0.05, 0) is 45.0 Å². The van der Waals surface area contributed by atoms with Crippen molar-refractivity contribution < 1.29 is 4.74 Å². The molecule has 0 heterocycles. The Balaban J connectivity index is 3.70. The minimum Gasteiger partial charge on any atom is -0.354 e. The van der Waals surface area contributed by atoms with Gasteiger partial charge in [0.15, 0.2) is 0 Å². The second-order valence-corrected chi connectivity index (χ2v) is 9.66. The molecule has 0 aromatic heterocycles. The molecule has 2 unspecified atom stereocenters. The van der Waals surface area contributed by atoms with Crippen LogP contribution in [0.3, 0.4) is 0 Å². The molecule has 0 saturated carbocycles. The predicted molar refractivity (Wildman–Crippen MR) is 123 cm³/mol. The Morgan fingerprint density at radius 1 is 0.885 bits per heavy atom. The van der Waals surface area contributed by atoms with E-state index in [1.165, 1.54) is 64.2 Å². The van der Waals surface area contributed by atoms with Crippen LogP contribution in [0.4, 0.5) is 0 Å². The van der Waals surface area contributed by atoms with Crippen LogP contribution < -0.4 is 5.32 Å². The lowest BCUT2D eigenvalue weighted by molar-refractivity contribution is 0.136. The van der Waals surface area contributed by atoms with Crippen molar-refractivity contribution in [2.75, 3.05) is 26.0 Å². The monoisotopic (exact) mass is 401 g/mol. The van der Waals surface area contributed by atoms with E-state index < -0.39 is 0 Å². The summed E-state index contributed by atoms with van der Waals surface area (Å²) >= 11 is 0. The smallest absolute Gasteiger partial charge is 0.114 e. The highest BCUT2D eigenvalue weighted by Gasteiger charge is 2.08. The number of rotatable bonds is 18. The second kappa shape index (κ2) is 21.5. The molecule has 0 bridgehead atoms. The van der Waals surface area contributed by atoms with Crippen molar-refractivity contribution in [3.05, 3.63) is 0 Å². The van der Waals surface area contributed by atoms with E-state index in [9.17, 15) is 0 Å². The van der Waals surface area contributed by atoms with Crippen LogP contribution in [-0.4, -0.2) is 31.4 Å². The molecule has 0 aromatic carbocycles. The van der Waals surface area contributed by atoms with Crippen molar-refractivity contribution in [3.8, 4) is 11.8 Å². The third-order valence-corrected chi connectivity index (χ3v) is 6.38. The topological polar surface area (TPSA) is 21.3 Å². The van der Waals surface area contributed by atoms with Crippen LogP contribution in [0.2, 0.25) is 0 Å². The molecule has 154 valence electrons. The number of hydrogen-bond donors (Lipinski definition) is 1. The van der Waals surface area contributed by atoms with Gasteiger partial charge in [0.1, 0.15) is 12.0 Å². The highest BCUT2D eigenvalue weighted by Crippen LogP contribution is 2.27. The molecule has 2 atom stereocenters. The van der Waals surface area contributed by atoms with Gasteiger partial charge in [-0.1, -0.05) is 99.1 Å². The summed E-state index contributed by atoms with van der Waals surface area (Å²) in [6, 6.07) is 0. The Morgan fingerprint density at radius 2 is 1.58 bits per heavy atom. The van der Waals surface area contributed by atoms with Gasteiger partial charge in [-0.15, -0.1) is 0 Å². The summed E-state index contributed by atoms with van der Waals surface area (Å²) in [4.78, 5) is 0. The standard InChI is InChI=1S/C22H43NOS2/c1-5-7-9-10-12-18-23-19-13-17-22(26-25-4)24-20-14-16-21(3)15-11-8-6-2/h21-23H,5-13,15,17-20H2,1-4H3. The highest BCUT2D eigenvalue weighted by atomic mass is 33.1. The Morgan fingerprint density at radius 3 is 2.31 bits per heavy atom. The van der Waals surface area contributed by atoms with Crippen molar-refractivity contribution in [2.45, 2.75) is 96.8 Å². The molecule has 0 spiro atoms. The van der Waals surface area contributed by atoms with E-state index in [0.717, 1.165) is 19.5 Å². The fourth-order valence-electron chi connectivity index (χ4n) is 2.76. The van der Waals surface area contributed by atoms with Gasteiger partial charge in [-0.25, -0.2) is 0 Å². The van der Waals surface area contributed by atoms with Gasteiger partial charge in [0.25, 0.3) is 0 Å². The van der Waals surface area contributed by atoms with Crippen molar-refractivity contribution in [3.63, 3.8) is 0 Å². The molecule has 0 rings (SSSR count). The summed E-state index contributed by atoms with van der Waals surface area (Å²) < 4.78 is 5.97. The number of ether oxygens (including phenoxy) is 1. The van der Waals surface area contributed by atoms with Gasteiger partial charge in [0, 0.05) is 5.92 Å². The minimum absolute atomic E-state index is 0.265. The Hall–Kier alpha value is 0.180. The van der Waals surface area contributed by atoms with Crippen LogP contribution in [0.5, 0.6) is 0 Å². The maximum absolute atomic E-state index is 5.97. The zero-order chi connectivity index (χ0) is 19.3. The summed E-state index contributed by atoms with van der Waals surface area (Å²) in [6.45, 7) is 9.57. The molecule has 2 nitrogen and oxygen atoms in total. The first-order valence-electron chi connectivity index (χ1n) is 10.7. The van der Waals surface area contributed by atoms with Gasteiger partial charge in [-0.2, -0.15) is 0 Å². The highest BCUT2D eigenvalue weighted by molar-refractivity contribution is 8.76. The molecule has 0 aliphatic carbocycles. The minimum atomic E-state index is 0.265. The van der Waals surface area contributed by atoms with E-state index in [1.54, 1.807) is 10.8 Å². The zero-order valence-corrected chi connectivity index (χ0v) is 19.4. The first kappa shape index (κ1) is 26.2. The average Bonchev–Trinajstić information content (AvgIpc) is 2.64.